The normalized spacial score (nSPS) is 46.1. The molecule has 6 nitrogen and oxygen atoms in total. The zero-order valence-electron chi connectivity index (χ0n) is 25.3. The molecule has 0 bridgehead atoms. The van der Waals surface area contributed by atoms with Crippen molar-refractivity contribution in [2.45, 2.75) is 86.5 Å². The van der Waals surface area contributed by atoms with Gasteiger partial charge in [-0.1, -0.05) is 53.2 Å². The molecule has 1 saturated heterocycles. The van der Waals surface area contributed by atoms with Crippen LogP contribution in [0.3, 0.4) is 0 Å². The number of amides is 1. The molecule has 0 aromatic carbocycles. The Balaban J connectivity index is 1.48. The lowest BCUT2D eigenvalue weighted by molar-refractivity contribution is -0.185. The van der Waals surface area contributed by atoms with Gasteiger partial charge in [0.2, 0.25) is 5.91 Å². The van der Waals surface area contributed by atoms with Crippen LogP contribution in [-0.2, 0) is 19.1 Å². The molecule has 1 heterocycles. The number of nitriles is 1. The van der Waals surface area contributed by atoms with Crippen LogP contribution in [-0.4, -0.2) is 48.7 Å². The van der Waals surface area contributed by atoms with Crippen molar-refractivity contribution in [1.29, 1.82) is 5.26 Å². The van der Waals surface area contributed by atoms with Crippen LogP contribution in [0.1, 0.15) is 86.5 Å². The number of ether oxygens (including phenoxy) is 1. The number of hydrogen-bond donors (Lipinski definition) is 0. The molecule has 8 atom stereocenters. The van der Waals surface area contributed by atoms with Gasteiger partial charge in [0.25, 0.3) is 0 Å². The van der Waals surface area contributed by atoms with Crippen molar-refractivity contribution in [3.05, 3.63) is 23.3 Å². The van der Waals surface area contributed by atoms with Gasteiger partial charge in [-0.25, -0.2) is 0 Å². The fourth-order valence-electron chi connectivity index (χ4n) is 10.7. The molecule has 3 saturated carbocycles. The Morgan fingerprint density at radius 2 is 1.68 bits per heavy atom. The maximum absolute atomic E-state index is 14.6. The SMILES string of the molecule is CC1C(=O)C(C#N)=CC2(C)C3=CC(=O)C4C5CC(C)(C)CCC5(C(=O)N5CCOCC5)CCC4(C)C3(C)CCC12. The summed E-state index contributed by atoms with van der Waals surface area (Å²) < 4.78 is 5.58. The fraction of sp³-hybridized carbons (Fsp3) is 0.765. The summed E-state index contributed by atoms with van der Waals surface area (Å²) in [6, 6.07) is 2.17. The first-order valence-corrected chi connectivity index (χ1v) is 15.5. The Kier molecular flexibility index (Phi) is 6.18. The molecule has 4 fully saturated rings. The van der Waals surface area contributed by atoms with Gasteiger partial charge >= 0.3 is 0 Å². The van der Waals surface area contributed by atoms with Gasteiger partial charge in [-0.15, -0.1) is 0 Å². The second kappa shape index (κ2) is 8.87. The van der Waals surface area contributed by atoms with Crippen molar-refractivity contribution < 1.29 is 19.1 Å². The van der Waals surface area contributed by atoms with Crippen LogP contribution in [0.15, 0.2) is 23.3 Å². The zero-order valence-corrected chi connectivity index (χ0v) is 25.3. The summed E-state index contributed by atoms with van der Waals surface area (Å²) in [6.45, 7) is 15.9. The topological polar surface area (TPSA) is 87.5 Å². The quantitative estimate of drug-likeness (QED) is 0.423. The highest BCUT2D eigenvalue weighted by Gasteiger charge is 2.70. The van der Waals surface area contributed by atoms with E-state index in [0.29, 0.717) is 26.3 Å². The van der Waals surface area contributed by atoms with E-state index in [1.807, 2.05) is 24.0 Å². The number of allylic oxidation sites excluding steroid dienone is 4. The number of fused-ring (bicyclic) bond motifs is 7. The van der Waals surface area contributed by atoms with Gasteiger partial charge in [-0.05, 0) is 79.1 Å². The minimum absolute atomic E-state index is 0.00932. The van der Waals surface area contributed by atoms with E-state index in [1.165, 1.54) is 0 Å². The van der Waals surface area contributed by atoms with Crippen LogP contribution in [0.5, 0.6) is 0 Å². The molecule has 6 heteroatoms. The number of carbonyl (C=O) groups is 3. The molecule has 0 aromatic heterocycles. The van der Waals surface area contributed by atoms with E-state index in [0.717, 1.165) is 50.5 Å². The smallest absolute Gasteiger partial charge is 0.229 e. The Hall–Kier alpha value is -2.26. The van der Waals surface area contributed by atoms with E-state index < -0.39 is 10.8 Å². The first-order chi connectivity index (χ1) is 18.7. The van der Waals surface area contributed by atoms with Gasteiger partial charge in [0, 0.05) is 30.3 Å². The molecule has 0 aromatic rings. The van der Waals surface area contributed by atoms with Gasteiger partial charge in [0.05, 0.1) is 24.2 Å². The van der Waals surface area contributed by atoms with Crippen LogP contribution in [0.4, 0.5) is 0 Å². The van der Waals surface area contributed by atoms with E-state index in [-0.39, 0.29) is 63.0 Å². The molecular formula is C34H46N2O4. The maximum atomic E-state index is 14.6. The average molecular weight is 547 g/mol. The Bertz CT molecular complexity index is 1270. The van der Waals surface area contributed by atoms with Crippen molar-refractivity contribution >= 4 is 17.5 Å². The van der Waals surface area contributed by atoms with Crippen LogP contribution in [0.25, 0.3) is 0 Å². The van der Waals surface area contributed by atoms with Crippen molar-refractivity contribution in [3.63, 3.8) is 0 Å². The second-order valence-electron chi connectivity index (χ2n) is 15.5. The summed E-state index contributed by atoms with van der Waals surface area (Å²) in [5.41, 5.74) is -0.0906. The van der Waals surface area contributed by atoms with Gasteiger partial charge < -0.3 is 9.64 Å². The molecule has 0 spiro atoms. The molecule has 40 heavy (non-hydrogen) atoms. The van der Waals surface area contributed by atoms with Crippen LogP contribution in [0, 0.1) is 62.1 Å². The summed E-state index contributed by atoms with van der Waals surface area (Å²) in [4.78, 5) is 44.0. The molecular weight excluding hydrogens is 500 g/mol. The lowest BCUT2D eigenvalue weighted by Crippen LogP contribution is -2.66. The van der Waals surface area contributed by atoms with Gasteiger partial charge in [0.15, 0.2) is 11.6 Å². The van der Waals surface area contributed by atoms with E-state index in [4.69, 9.17) is 4.74 Å². The number of morpholine rings is 1. The molecule has 0 radical (unpaired) electrons. The Labute approximate surface area is 239 Å². The number of hydrogen-bond acceptors (Lipinski definition) is 5. The maximum Gasteiger partial charge on any atom is 0.229 e. The monoisotopic (exact) mass is 546 g/mol. The van der Waals surface area contributed by atoms with Crippen molar-refractivity contribution in [1.82, 2.24) is 4.90 Å². The van der Waals surface area contributed by atoms with Crippen molar-refractivity contribution in [3.8, 4) is 6.07 Å². The summed E-state index contributed by atoms with van der Waals surface area (Å²) in [6.07, 6.45) is 10.1. The first-order valence-electron chi connectivity index (χ1n) is 15.5. The Morgan fingerprint density at radius 1 is 1.00 bits per heavy atom. The highest BCUT2D eigenvalue weighted by molar-refractivity contribution is 6.02. The molecule has 216 valence electrons. The standard InChI is InChI=1S/C34H46N2O4/c1-21-23-7-8-32(5)26(31(23,4)18-22(20-35)28(21)38)17-25(37)27-24-19-30(2,3)9-11-34(24,12-10-33(27,32)6)29(39)36-13-15-40-16-14-36/h17-18,21,23-24,27H,7-16,19H2,1-6H3. The average Bonchev–Trinajstić information content (AvgIpc) is 2.92. The minimum atomic E-state index is -0.501. The molecule has 1 aliphatic heterocycles. The molecule has 5 aliphatic carbocycles. The predicted octanol–water partition coefficient (Wildman–Crippen LogP) is 5.67. The largest absolute Gasteiger partial charge is 0.378 e. The highest BCUT2D eigenvalue weighted by atomic mass is 16.5. The summed E-state index contributed by atoms with van der Waals surface area (Å²) in [5.74, 6) is 0.00665. The molecule has 8 unspecified atom stereocenters. The van der Waals surface area contributed by atoms with Crippen molar-refractivity contribution in [2.24, 2.45) is 50.7 Å². The molecule has 6 aliphatic rings. The van der Waals surface area contributed by atoms with Crippen LogP contribution < -0.4 is 0 Å². The lowest BCUT2D eigenvalue weighted by atomic mass is 9.34. The lowest BCUT2D eigenvalue weighted by Gasteiger charge is -2.68. The van der Waals surface area contributed by atoms with Gasteiger partial charge in [0.1, 0.15) is 6.07 Å². The Morgan fingerprint density at radius 3 is 2.35 bits per heavy atom. The third kappa shape index (κ3) is 3.52. The third-order valence-corrected chi connectivity index (χ3v) is 13.2. The van der Waals surface area contributed by atoms with Crippen LogP contribution >= 0.6 is 0 Å². The first kappa shape index (κ1) is 27.9. The third-order valence-electron chi connectivity index (χ3n) is 13.2. The predicted molar refractivity (Wildman–Crippen MR) is 152 cm³/mol. The number of ketones is 2. The summed E-state index contributed by atoms with van der Waals surface area (Å²) >= 11 is 0. The minimum Gasteiger partial charge on any atom is -0.378 e. The van der Waals surface area contributed by atoms with Gasteiger partial charge in [-0.2, -0.15) is 5.26 Å². The summed E-state index contributed by atoms with van der Waals surface area (Å²) in [7, 11) is 0. The number of rotatable bonds is 1. The van der Waals surface area contributed by atoms with E-state index in [1.54, 1.807) is 0 Å². The fourth-order valence-corrected chi connectivity index (χ4v) is 10.7. The highest BCUT2D eigenvalue weighted by Crippen LogP contribution is 2.74. The number of nitrogens with zero attached hydrogens (tertiary/aromatic N) is 2. The van der Waals surface area contributed by atoms with Crippen molar-refractivity contribution in [2.75, 3.05) is 26.3 Å². The zero-order chi connectivity index (χ0) is 28.9. The van der Waals surface area contributed by atoms with Crippen LogP contribution in [0.2, 0.25) is 0 Å². The van der Waals surface area contributed by atoms with Gasteiger partial charge in [-0.3, -0.25) is 14.4 Å². The van der Waals surface area contributed by atoms with E-state index in [9.17, 15) is 19.6 Å². The number of carbonyl (C=O) groups excluding carboxylic acids is 3. The molecule has 6 rings (SSSR count). The van der Waals surface area contributed by atoms with E-state index in [2.05, 4.69) is 40.7 Å². The second-order valence-corrected chi connectivity index (χ2v) is 15.5. The van der Waals surface area contributed by atoms with E-state index >= 15 is 0 Å². The summed E-state index contributed by atoms with van der Waals surface area (Å²) in [5, 5.41) is 9.83. The number of Topliss-reactive ketones (excluding diaryl/α,β-unsaturated/α-hetero) is 1. The molecule has 0 N–H and O–H groups in total. The molecule has 1 amide bonds.